The summed E-state index contributed by atoms with van der Waals surface area (Å²) in [7, 11) is 1.70. The van der Waals surface area contributed by atoms with Crippen LogP contribution in [-0.4, -0.2) is 26.7 Å². The highest BCUT2D eigenvalue weighted by Crippen LogP contribution is 2.43. The van der Waals surface area contributed by atoms with Crippen LogP contribution >= 0.6 is 0 Å². The molecule has 0 spiro atoms. The van der Waals surface area contributed by atoms with Crippen molar-refractivity contribution in [2.24, 2.45) is 11.1 Å². The van der Waals surface area contributed by atoms with E-state index < -0.39 is 0 Å². The second-order valence-corrected chi connectivity index (χ2v) is 4.98. The summed E-state index contributed by atoms with van der Waals surface area (Å²) in [6.45, 7) is 2.89. The molecule has 0 saturated heterocycles. The van der Waals surface area contributed by atoms with Crippen LogP contribution < -0.4 is 15.8 Å². The van der Waals surface area contributed by atoms with Gasteiger partial charge in [-0.2, -0.15) is 0 Å². The van der Waals surface area contributed by atoms with Crippen molar-refractivity contribution in [3.63, 3.8) is 0 Å². The number of benzene rings is 1. The van der Waals surface area contributed by atoms with Crippen LogP contribution in [0.15, 0.2) is 24.3 Å². The maximum absolute atomic E-state index is 5.74. The Balaban J connectivity index is 1.70. The van der Waals surface area contributed by atoms with Crippen molar-refractivity contribution in [1.82, 2.24) is 5.32 Å². The van der Waals surface area contributed by atoms with Crippen LogP contribution in [0.1, 0.15) is 18.4 Å². The Morgan fingerprint density at radius 3 is 2.88 bits per heavy atom. The summed E-state index contributed by atoms with van der Waals surface area (Å²) in [5, 5.41) is 3.50. The topological polar surface area (TPSA) is 47.3 Å². The van der Waals surface area contributed by atoms with E-state index in [-0.39, 0.29) is 0 Å². The van der Waals surface area contributed by atoms with Gasteiger partial charge in [0.2, 0.25) is 0 Å². The minimum Gasteiger partial charge on any atom is -0.497 e. The van der Waals surface area contributed by atoms with Gasteiger partial charge in [0.15, 0.2) is 0 Å². The van der Waals surface area contributed by atoms with Gasteiger partial charge in [-0.3, -0.25) is 0 Å². The molecule has 0 heterocycles. The quantitative estimate of drug-likeness (QED) is 0.704. The normalized spacial score (nSPS) is 16.8. The summed E-state index contributed by atoms with van der Waals surface area (Å²) in [5.74, 6) is 0.933. The van der Waals surface area contributed by atoms with E-state index in [1.54, 1.807) is 7.11 Å². The van der Waals surface area contributed by atoms with E-state index in [0.29, 0.717) is 5.41 Å². The number of hydrogen-bond acceptors (Lipinski definition) is 3. The maximum Gasteiger partial charge on any atom is 0.119 e. The summed E-state index contributed by atoms with van der Waals surface area (Å²) in [6, 6.07) is 8.25. The first-order valence-corrected chi connectivity index (χ1v) is 6.32. The molecule has 0 aromatic heterocycles. The van der Waals surface area contributed by atoms with E-state index in [1.165, 1.54) is 18.4 Å². The molecule has 0 amide bonds. The molecule has 94 valence electrons. The maximum atomic E-state index is 5.74. The number of nitrogens with one attached hydrogen (secondary N) is 1. The smallest absolute Gasteiger partial charge is 0.119 e. The van der Waals surface area contributed by atoms with Gasteiger partial charge in [0.05, 0.1) is 7.11 Å². The molecule has 1 aromatic carbocycles. The standard InChI is InChI=1S/C14H22N2O/c1-17-13-4-2-3-12(9-13)5-8-16-11-14(10-15)6-7-14/h2-4,9,16H,5-8,10-11,15H2,1H3. The van der Waals surface area contributed by atoms with Crippen molar-refractivity contribution in [3.8, 4) is 5.75 Å². The summed E-state index contributed by atoms with van der Waals surface area (Å²) in [5.41, 5.74) is 7.48. The van der Waals surface area contributed by atoms with E-state index in [4.69, 9.17) is 10.5 Å². The third kappa shape index (κ3) is 3.45. The predicted octanol–water partition coefficient (Wildman–Crippen LogP) is 1.57. The van der Waals surface area contributed by atoms with Crippen LogP contribution in [0.5, 0.6) is 5.75 Å². The lowest BCUT2D eigenvalue weighted by Crippen LogP contribution is -2.30. The lowest BCUT2D eigenvalue weighted by molar-refractivity contribution is 0.414. The molecule has 0 bridgehead atoms. The van der Waals surface area contributed by atoms with Gasteiger partial charge < -0.3 is 15.8 Å². The Morgan fingerprint density at radius 1 is 1.41 bits per heavy atom. The Hall–Kier alpha value is -1.06. The Labute approximate surface area is 103 Å². The van der Waals surface area contributed by atoms with Gasteiger partial charge in [0, 0.05) is 6.54 Å². The molecule has 1 aliphatic carbocycles. The average molecular weight is 234 g/mol. The molecule has 17 heavy (non-hydrogen) atoms. The molecule has 3 heteroatoms. The molecule has 0 aliphatic heterocycles. The molecule has 1 aromatic rings. The van der Waals surface area contributed by atoms with Crippen LogP contribution in [0.25, 0.3) is 0 Å². The summed E-state index contributed by atoms with van der Waals surface area (Å²) >= 11 is 0. The fourth-order valence-corrected chi connectivity index (χ4v) is 2.04. The summed E-state index contributed by atoms with van der Waals surface area (Å²) in [6.07, 6.45) is 3.61. The molecule has 2 rings (SSSR count). The largest absolute Gasteiger partial charge is 0.497 e. The average Bonchev–Trinajstić information content (AvgIpc) is 3.16. The minimum absolute atomic E-state index is 0.425. The zero-order chi connectivity index (χ0) is 12.1. The third-order valence-electron chi connectivity index (χ3n) is 3.61. The molecule has 3 N–H and O–H groups in total. The van der Waals surface area contributed by atoms with Gasteiger partial charge >= 0.3 is 0 Å². The van der Waals surface area contributed by atoms with Crippen LogP contribution in [0.4, 0.5) is 0 Å². The number of ether oxygens (including phenoxy) is 1. The Bertz CT molecular complexity index is 361. The lowest BCUT2D eigenvalue weighted by atomic mass is 10.1. The molecule has 1 aliphatic rings. The van der Waals surface area contributed by atoms with Crippen molar-refractivity contribution < 1.29 is 4.74 Å². The first kappa shape index (κ1) is 12.4. The molecule has 1 fully saturated rings. The minimum atomic E-state index is 0.425. The van der Waals surface area contributed by atoms with Crippen molar-refractivity contribution in [1.29, 1.82) is 0 Å². The Kier molecular flexibility index (Phi) is 4.02. The van der Waals surface area contributed by atoms with E-state index in [2.05, 4.69) is 17.4 Å². The second-order valence-electron chi connectivity index (χ2n) is 4.98. The third-order valence-corrected chi connectivity index (χ3v) is 3.61. The van der Waals surface area contributed by atoms with Crippen LogP contribution in [-0.2, 0) is 6.42 Å². The molecular weight excluding hydrogens is 212 g/mol. The zero-order valence-electron chi connectivity index (χ0n) is 10.5. The van der Waals surface area contributed by atoms with E-state index >= 15 is 0 Å². The van der Waals surface area contributed by atoms with E-state index in [1.807, 2.05) is 12.1 Å². The highest BCUT2D eigenvalue weighted by atomic mass is 16.5. The van der Waals surface area contributed by atoms with Gasteiger partial charge in [0.1, 0.15) is 5.75 Å². The van der Waals surface area contributed by atoms with Crippen molar-refractivity contribution in [2.75, 3.05) is 26.7 Å². The van der Waals surface area contributed by atoms with Gasteiger partial charge in [-0.15, -0.1) is 0 Å². The van der Waals surface area contributed by atoms with Crippen LogP contribution in [0, 0.1) is 5.41 Å². The summed E-state index contributed by atoms with van der Waals surface area (Å²) < 4.78 is 5.21. The van der Waals surface area contributed by atoms with E-state index in [9.17, 15) is 0 Å². The number of nitrogens with two attached hydrogens (primary N) is 1. The number of rotatable bonds is 7. The fraction of sp³-hybridized carbons (Fsp3) is 0.571. The van der Waals surface area contributed by atoms with Gasteiger partial charge in [0.25, 0.3) is 0 Å². The molecular formula is C14H22N2O. The number of hydrogen-bond donors (Lipinski definition) is 2. The predicted molar refractivity (Wildman–Crippen MR) is 70.3 cm³/mol. The van der Waals surface area contributed by atoms with Gasteiger partial charge in [-0.05, 0) is 55.5 Å². The highest BCUT2D eigenvalue weighted by Gasteiger charge is 2.40. The molecule has 1 saturated carbocycles. The SMILES string of the molecule is COc1cccc(CCNCC2(CN)CC2)c1. The zero-order valence-corrected chi connectivity index (χ0v) is 10.5. The summed E-state index contributed by atoms with van der Waals surface area (Å²) in [4.78, 5) is 0. The van der Waals surface area contributed by atoms with Crippen LogP contribution in [0.2, 0.25) is 0 Å². The Morgan fingerprint density at radius 2 is 2.24 bits per heavy atom. The second kappa shape index (κ2) is 5.52. The van der Waals surface area contributed by atoms with E-state index in [0.717, 1.165) is 31.8 Å². The molecule has 0 radical (unpaired) electrons. The first-order valence-electron chi connectivity index (χ1n) is 6.32. The molecule has 0 unspecified atom stereocenters. The van der Waals surface area contributed by atoms with Crippen molar-refractivity contribution in [3.05, 3.63) is 29.8 Å². The molecule has 3 nitrogen and oxygen atoms in total. The highest BCUT2D eigenvalue weighted by molar-refractivity contribution is 5.28. The van der Waals surface area contributed by atoms with Crippen molar-refractivity contribution in [2.45, 2.75) is 19.3 Å². The van der Waals surface area contributed by atoms with Gasteiger partial charge in [-0.25, -0.2) is 0 Å². The number of methoxy groups -OCH3 is 1. The van der Waals surface area contributed by atoms with Gasteiger partial charge in [-0.1, -0.05) is 12.1 Å². The molecule has 0 atom stereocenters. The van der Waals surface area contributed by atoms with Crippen molar-refractivity contribution >= 4 is 0 Å². The fourth-order valence-electron chi connectivity index (χ4n) is 2.04. The lowest BCUT2D eigenvalue weighted by Gasteiger charge is -2.13. The van der Waals surface area contributed by atoms with Crippen LogP contribution in [0.3, 0.4) is 0 Å². The monoisotopic (exact) mass is 234 g/mol. The first-order chi connectivity index (χ1) is 8.28.